The molecule has 0 fully saturated rings. The smallest absolute Gasteiger partial charge is 0.0785 e. The van der Waals surface area contributed by atoms with E-state index >= 15 is 0 Å². The molecule has 0 saturated carbocycles. The Hall–Kier alpha value is -2.74. The number of nitriles is 1. The van der Waals surface area contributed by atoms with Gasteiger partial charge >= 0.3 is 0 Å². The minimum atomic E-state index is -1.00. The zero-order chi connectivity index (χ0) is 20.2. The largest absolute Gasteiger partial charge is 0.255 e. The van der Waals surface area contributed by atoms with Gasteiger partial charge in [0.1, 0.15) is 0 Å². The van der Waals surface area contributed by atoms with Crippen molar-refractivity contribution in [3.63, 3.8) is 0 Å². The van der Waals surface area contributed by atoms with Crippen LogP contribution >= 0.6 is 24.0 Å². The third-order valence-electron chi connectivity index (χ3n) is 3.71. The summed E-state index contributed by atoms with van der Waals surface area (Å²) in [6.07, 6.45) is 0.380. The standard InChI is InChI=1S/C11H8N2.C10H8ClN.CH3F.CH4.ClH/c12-8-7-10-6-5-9-3-1-2-4-11(9)13-10;11-7-9-6-5-8-3-1-2-4-10(8)12-9;1-2;;/h1-6H,7H2;1-6H,7H2;1H3;1H4;1H/i;;1D;;. The van der Waals surface area contributed by atoms with Gasteiger partial charge in [-0.15, -0.1) is 24.0 Å². The maximum Gasteiger partial charge on any atom is 0.0785 e. The molecule has 0 N–H and O–H groups in total. The van der Waals surface area contributed by atoms with Gasteiger partial charge in [0.2, 0.25) is 0 Å². The molecule has 0 spiro atoms. The average Bonchev–Trinajstić information content (AvgIpc) is 2.74. The van der Waals surface area contributed by atoms with Crippen LogP contribution in [0.1, 0.15) is 20.2 Å². The molecule has 29 heavy (non-hydrogen) atoms. The quantitative estimate of drug-likeness (QED) is 0.323. The monoisotopic (exact) mass is 432 g/mol. The number of halogens is 3. The van der Waals surface area contributed by atoms with Crippen molar-refractivity contribution in [1.82, 2.24) is 9.97 Å². The van der Waals surface area contributed by atoms with Crippen LogP contribution < -0.4 is 0 Å². The van der Waals surface area contributed by atoms with Crippen LogP contribution in [-0.4, -0.2) is 17.1 Å². The van der Waals surface area contributed by atoms with Crippen LogP contribution in [0.15, 0.2) is 72.8 Å². The van der Waals surface area contributed by atoms with Crippen LogP contribution in [0.2, 0.25) is 0 Å². The lowest BCUT2D eigenvalue weighted by atomic mass is 10.2. The Balaban J connectivity index is 0.000000470. The van der Waals surface area contributed by atoms with Crippen molar-refractivity contribution in [3.05, 3.63) is 84.2 Å². The van der Waals surface area contributed by atoms with Crippen LogP contribution in [0, 0.1) is 11.3 Å². The molecule has 2 aromatic carbocycles. The molecule has 0 aliphatic carbocycles. The topological polar surface area (TPSA) is 49.6 Å². The number of hydrogen-bond donors (Lipinski definition) is 0. The molecule has 0 amide bonds. The van der Waals surface area contributed by atoms with E-state index in [0.717, 1.165) is 33.2 Å². The molecule has 3 nitrogen and oxygen atoms in total. The van der Waals surface area contributed by atoms with Gasteiger partial charge in [0.15, 0.2) is 0 Å². The normalized spacial score (nSPS) is 9.34. The number of pyridine rings is 2. The number of hydrogen-bond acceptors (Lipinski definition) is 3. The molecule has 2 heterocycles. The first-order valence-electron chi connectivity index (χ1n) is 8.90. The van der Waals surface area contributed by atoms with Crippen molar-refractivity contribution >= 4 is 45.8 Å². The van der Waals surface area contributed by atoms with E-state index in [9.17, 15) is 4.39 Å². The molecule has 2 aromatic heterocycles. The lowest BCUT2D eigenvalue weighted by Gasteiger charge is -1.97. The van der Waals surface area contributed by atoms with E-state index in [-0.39, 0.29) is 19.8 Å². The predicted octanol–water partition coefficient (Wildman–Crippen LogP) is 6.92. The highest BCUT2D eigenvalue weighted by atomic mass is 35.5. The summed E-state index contributed by atoms with van der Waals surface area (Å²) in [5, 5.41) is 10.8. The second-order valence-electron chi connectivity index (χ2n) is 5.46. The van der Waals surface area contributed by atoms with E-state index in [1.807, 2.05) is 72.8 Å². The minimum absolute atomic E-state index is 0. The molecule has 0 atom stereocenters. The Labute approximate surface area is 184 Å². The van der Waals surface area contributed by atoms with E-state index in [1.54, 1.807) is 0 Å². The molecule has 0 unspecified atom stereocenters. The summed E-state index contributed by atoms with van der Waals surface area (Å²) in [7, 11) is -1.00. The summed E-state index contributed by atoms with van der Waals surface area (Å²) in [6.45, 7) is 0. The molecule has 0 aliphatic heterocycles. The lowest BCUT2D eigenvalue weighted by molar-refractivity contribution is 0.636. The SMILES string of the molecule is C.Cl.ClCc1ccc2ccccc2n1.N#CCc1ccc2ccccc2n1.[2H]CF. The number of benzene rings is 2. The van der Waals surface area contributed by atoms with Crippen molar-refractivity contribution < 1.29 is 5.76 Å². The van der Waals surface area contributed by atoms with Crippen LogP contribution in [-0.2, 0) is 12.3 Å². The molecule has 0 aliphatic rings. The fourth-order valence-corrected chi connectivity index (χ4v) is 2.62. The first-order chi connectivity index (χ1) is 13.7. The second kappa shape index (κ2) is 14.3. The van der Waals surface area contributed by atoms with Gasteiger partial charge in [0, 0.05) is 10.8 Å². The summed E-state index contributed by atoms with van der Waals surface area (Å²) in [4.78, 5) is 8.70. The Morgan fingerprint density at radius 1 is 0.897 bits per heavy atom. The molecule has 4 aromatic rings. The number of para-hydroxylation sites is 2. The molecule has 0 saturated heterocycles. The summed E-state index contributed by atoms with van der Waals surface area (Å²) in [5.41, 5.74) is 3.72. The Morgan fingerprint density at radius 2 is 1.34 bits per heavy atom. The summed E-state index contributed by atoms with van der Waals surface area (Å²) in [6, 6.07) is 25.9. The highest BCUT2D eigenvalue weighted by molar-refractivity contribution is 6.16. The maximum atomic E-state index is 9.96. The Morgan fingerprint density at radius 3 is 1.83 bits per heavy atom. The molecule has 4 rings (SSSR count). The summed E-state index contributed by atoms with van der Waals surface area (Å²) in [5.74, 6) is 0.477. The van der Waals surface area contributed by atoms with Crippen LogP contribution in [0.4, 0.5) is 4.39 Å². The van der Waals surface area contributed by atoms with E-state index in [0.29, 0.717) is 12.3 Å². The summed E-state index contributed by atoms with van der Waals surface area (Å²) < 4.78 is 15.5. The highest BCUT2D eigenvalue weighted by Crippen LogP contribution is 2.13. The molecular weight excluding hydrogens is 408 g/mol. The average molecular weight is 433 g/mol. The fourth-order valence-electron chi connectivity index (χ4n) is 2.47. The van der Waals surface area contributed by atoms with Crippen LogP contribution in [0.3, 0.4) is 0 Å². The zero-order valence-corrected chi connectivity index (χ0v) is 16.6. The van der Waals surface area contributed by atoms with Crippen molar-refractivity contribution in [2.75, 3.05) is 7.15 Å². The third kappa shape index (κ3) is 7.65. The maximum absolute atomic E-state index is 9.96. The predicted molar refractivity (Wildman–Crippen MR) is 123 cm³/mol. The van der Waals surface area contributed by atoms with Crippen molar-refractivity contribution in [2.45, 2.75) is 19.7 Å². The first-order valence-corrected chi connectivity index (χ1v) is 8.72. The molecule has 0 radical (unpaired) electrons. The van der Waals surface area contributed by atoms with Gasteiger partial charge in [-0.2, -0.15) is 5.26 Å². The minimum Gasteiger partial charge on any atom is -0.255 e. The third-order valence-corrected chi connectivity index (χ3v) is 3.98. The lowest BCUT2D eigenvalue weighted by Crippen LogP contribution is -1.87. The summed E-state index contributed by atoms with van der Waals surface area (Å²) >= 11 is 5.66. The number of aromatic nitrogens is 2. The number of rotatable bonds is 2. The zero-order valence-electron chi connectivity index (χ0n) is 16.1. The van der Waals surface area contributed by atoms with Gasteiger partial charge in [0.05, 0.1) is 49.3 Å². The van der Waals surface area contributed by atoms with E-state index in [1.165, 1.54) is 0 Å². The molecule has 152 valence electrons. The fraction of sp³-hybridized carbons (Fsp3) is 0.174. The van der Waals surface area contributed by atoms with E-state index < -0.39 is 7.15 Å². The molecule has 6 heteroatoms. The van der Waals surface area contributed by atoms with Crippen molar-refractivity contribution in [3.8, 4) is 6.07 Å². The van der Waals surface area contributed by atoms with Gasteiger partial charge in [-0.3, -0.25) is 14.4 Å². The van der Waals surface area contributed by atoms with Crippen molar-refractivity contribution in [1.29, 1.82) is 5.26 Å². The van der Waals surface area contributed by atoms with E-state index in [4.69, 9.17) is 18.2 Å². The Bertz CT molecular complexity index is 1070. The number of alkyl halides is 2. The van der Waals surface area contributed by atoms with Gasteiger partial charge in [0.25, 0.3) is 0 Å². The second-order valence-corrected chi connectivity index (χ2v) is 5.73. The van der Waals surface area contributed by atoms with Crippen LogP contribution in [0.25, 0.3) is 21.8 Å². The van der Waals surface area contributed by atoms with Crippen molar-refractivity contribution in [2.24, 2.45) is 0 Å². The first kappa shape index (κ1) is 24.3. The number of nitrogens with zero attached hydrogens (tertiary/aromatic N) is 3. The highest BCUT2D eigenvalue weighted by Gasteiger charge is 1.96. The molecular formula is C23H24Cl2FN3. The van der Waals surface area contributed by atoms with Crippen LogP contribution in [0.5, 0.6) is 0 Å². The van der Waals surface area contributed by atoms with Gasteiger partial charge in [-0.25, -0.2) is 0 Å². The number of fused-ring (bicyclic) bond motifs is 2. The van der Waals surface area contributed by atoms with Gasteiger partial charge in [-0.05, 0) is 24.3 Å². The van der Waals surface area contributed by atoms with Gasteiger partial charge < -0.3 is 0 Å². The Kier molecular flexibility index (Phi) is 12.0. The van der Waals surface area contributed by atoms with E-state index in [2.05, 4.69) is 16.0 Å². The van der Waals surface area contributed by atoms with Gasteiger partial charge in [-0.1, -0.05) is 56.0 Å². The molecule has 0 bridgehead atoms.